The van der Waals surface area contributed by atoms with Crippen molar-refractivity contribution in [3.8, 4) is 0 Å². The highest BCUT2D eigenvalue weighted by molar-refractivity contribution is 5.94. The molecule has 0 atom stereocenters. The zero-order chi connectivity index (χ0) is 76.8. The van der Waals surface area contributed by atoms with Gasteiger partial charge in [-0.1, -0.05) is 216 Å². The molecule has 0 heterocycles. The van der Waals surface area contributed by atoms with Crippen LogP contribution in [0.2, 0.25) is 0 Å². The van der Waals surface area contributed by atoms with Gasteiger partial charge in [-0.3, -0.25) is 38.4 Å². The smallest absolute Gasteiger partial charge is 0.352 e. The van der Waals surface area contributed by atoms with E-state index in [1.807, 2.05) is 80.5 Å². The second-order valence-corrected chi connectivity index (χ2v) is 34.3. The van der Waals surface area contributed by atoms with Crippen molar-refractivity contribution in [2.24, 2.45) is 43.3 Å². The molecule has 0 rings (SSSR count). The Labute approximate surface area is 575 Å². The van der Waals surface area contributed by atoms with Crippen LogP contribution in [0.3, 0.4) is 0 Å². The first-order valence-corrected chi connectivity index (χ1v) is 32.9. The van der Waals surface area contributed by atoms with Crippen LogP contribution in [0, 0.1) is 43.3 Å². The minimum Gasteiger partial charge on any atom is -0.352 e. The van der Waals surface area contributed by atoms with Gasteiger partial charge in [0.15, 0.2) is 28.9 Å². The summed E-state index contributed by atoms with van der Waals surface area (Å²) in [7, 11) is 5.77. The molecule has 94 heavy (non-hydrogen) atoms. The van der Waals surface area contributed by atoms with E-state index in [0.29, 0.717) is 44.2 Å². The van der Waals surface area contributed by atoms with Crippen molar-refractivity contribution in [1.29, 1.82) is 0 Å². The number of allylic oxidation sites excluding steroid dienone is 8. The summed E-state index contributed by atoms with van der Waals surface area (Å²) in [5.41, 5.74) is 2.61. The molecule has 0 aliphatic carbocycles. The molecule has 0 radical (unpaired) electrons. The van der Waals surface area contributed by atoms with Crippen molar-refractivity contribution < 1.29 is 51.5 Å². The lowest BCUT2D eigenvalue weighted by Gasteiger charge is -2.25. The van der Waals surface area contributed by atoms with Gasteiger partial charge in [0.2, 0.25) is 11.8 Å². The molecular formula is C79H143F3N4O8. The number of hydrogen-bond acceptors (Lipinski definition) is 9. The standard InChI is InChI=1S/C12H23NO.C11H20O.2C10H18O.C9H14F3NO.2C9H17NO.C9H16O/c1-12(2,3)9-8-11(14)7-6-10-13(4)5;1-9(2)8-10(12)6-7-11(3,4)5;1-8(2)6-9(11)7-10(3,4)5;1-5-6-9(11)7-8-10(2,3)4;1-6(9(10,11)12)7(14)13-5-8(2,3)4;1-7(2)8(11)10-6-9(3,4)5;1-6-8(11)10(5)7-9(2,3)4;1-5-8(10)6-7-9(2,3)4/h6-7H,8-10H2,1-5H3;8H,6-7H2,1-5H3;6H,7H2,1-5H3;5-6H,7-8H2,1-4H3;1,5H2,2-4H3,(H,13,14);1,6H2,2-5H3,(H,10,11);6H,1,7H2,2-5H3;5H,1,6-7H2,2-4H3/b7-6+;;;6-5+;;;;. The maximum Gasteiger partial charge on any atom is 0.421 e. The molecule has 3 amide bonds. The lowest BCUT2D eigenvalue weighted by atomic mass is 9.89. The summed E-state index contributed by atoms with van der Waals surface area (Å²) in [6.07, 6.45) is 15.7. The Morgan fingerprint density at radius 3 is 1.02 bits per heavy atom. The van der Waals surface area contributed by atoms with Crippen LogP contribution in [0.4, 0.5) is 13.2 Å². The number of ketones is 5. The number of alkyl halides is 3. The van der Waals surface area contributed by atoms with Gasteiger partial charge in [0.05, 0.1) is 0 Å². The van der Waals surface area contributed by atoms with Crippen LogP contribution < -0.4 is 10.6 Å². The quantitative estimate of drug-likeness (QED) is 0.100. The van der Waals surface area contributed by atoms with Gasteiger partial charge in [0, 0.05) is 70.9 Å². The molecule has 0 aromatic rings. The highest BCUT2D eigenvalue weighted by atomic mass is 19.4. The second kappa shape index (κ2) is 50.8. The molecular weight excluding hydrogens is 1190 g/mol. The SMILES string of the molecule is C/C=C/C(=O)CCC(C)(C)C.C=C(C(=O)NCC(C)(C)C)C(F)(F)F.C=C(C)C(=O)NCC(C)(C)C.C=CC(=O)CCC(C)(C)C.C=CC(=O)N(C)CC(C)(C)C.CC(C)=CC(=O)CC(C)(C)C.CC(C)=CC(=O)CCC(C)(C)C.CN(C)C/C=C/C(=O)CCC(C)(C)C. The fraction of sp³-hybridized carbons (Fsp3) is 0.696. The van der Waals surface area contributed by atoms with E-state index >= 15 is 0 Å². The summed E-state index contributed by atoms with van der Waals surface area (Å²) in [6, 6.07) is 0. The van der Waals surface area contributed by atoms with E-state index in [1.165, 1.54) is 12.2 Å². The molecule has 0 saturated carbocycles. The molecule has 0 unspecified atom stereocenters. The molecule has 2 N–H and O–H groups in total. The summed E-state index contributed by atoms with van der Waals surface area (Å²) in [4.78, 5) is 92.1. The van der Waals surface area contributed by atoms with E-state index < -0.39 is 17.7 Å². The largest absolute Gasteiger partial charge is 0.421 e. The van der Waals surface area contributed by atoms with Crippen molar-refractivity contribution in [1.82, 2.24) is 20.4 Å². The molecule has 0 saturated heterocycles. The molecule has 0 aromatic carbocycles. The van der Waals surface area contributed by atoms with Crippen LogP contribution in [0.15, 0.2) is 97.2 Å². The zero-order valence-corrected chi connectivity index (χ0v) is 66.4. The van der Waals surface area contributed by atoms with Crippen LogP contribution >= 0.6 is 0 Å². The summed E-state index contributed by atoms with van der Waals surface area (Å²) in [5.74, 6) is -0.117. The molecule has 0 bridgehead atoms. The second-order valence-electron chi connectivity index (χ2n) is 34.3. The lowest BCUT2D eigenvalue weighted by Crippen LogP contribution is -2.36. The Morgan fingerprint density at radius 2 is 0.755 bits per heavy atom. The highest BCUT2D eigenvalue weighted by Gasteiger charge is 2.37. The van der Waals surface area contributed by atoms with Crippen molar-refractivity contribution in [2.45, 2.75) is 272 Å². The maximum absolute atomic E-state index is 12.0. The predicted octanol–water partition coefficient (Wildman–Crippen LogP) is 20.0. The van der Waals surface area contributed by atoms with E-state index in [2.05, 4.69) is 182 Å². The van der Waals surface area contributed by atoms with Gasteiger partial charge in [-0.15, -0.1) is 0 Å². The van der Waals surface area contributed by atoms with Crippen LogP contribution in [-0.2, 0) is 38.4 Å². The number of halogens is 3. The van der Waals surface area contributed by atoms with Crippen molar-refractivity contribution >= 4 is 46.6 Å². The van der Waals surface area contributed by atoms with Gasteiger partial charge in [-0.05, 0) is 161 Å². The van der Waals surface area contributed by atoms with Gasteiger partial charge in [0.25, 0.3) is 5.91 Å². The lowest BCUT2D eigenvalue weighted by molar-refractivity contribution is -0.131. The minimum atomic E-state index is -4.65. The third-order valence-corrected chi connectivity index (χ3v) is 11.3. The molecule has 15 heteroatoms. The van der Waals surface area contributed by atoms with Crippen LogP contribution in [0.1, 0.15) is 265 Å². The Balaban J connectivity index is -0.000000150. The number of rotatable bonds is 22. The summed E-state index contributed by atoms with van der Waals surface area (Å²) >= 11 is 0. The Bertz CT molecular complexity index is 2390. The summed E-state index contributed by atoms with van der Waals surface area (Å²) in [5, 5.41) is 4.95. The van der Waals surface area contributed by atoms with Gasteiger partial charge < -0.3 is 20.4 Å². The van der Waals surface area contributed by atoms with Crippen molar-refractivity contribution in [2.75, 3.05) is 47.3 Å². The molecule has 0 aliphatic heterocycles. The Morgan fingerprint density at radius 1 is 0.426 bits per heavy atom. The normalized spacial score (nSPS) is 11.6. The third kappa shape index (κ3) is 100.0. The Kier molecular flexibility index (Phi) is 56.4. The topological polar surface area (TPSA) is 167 Å². The van der Waals surface area contributed by atoms with Crippen LogP contribution in [0.5, 0.6) is 0 Å². The zero-order valence-electron chi connectivity index (χ0n) is 66.4. The van der Waals surface area contributed by atoms with Crippen LogP contribution in [0.25, 0.3) is 0 Å². The molecule has 0 fully saturated rings. The molecule has 12 nitrogen and oxygen atoms in total. The van der Waals surface area contributed by atoms with Gasteiger partial charge in [-0.25, -0.2) is 0 Å². The van der Waals surface area contributed by atoms with Gasteiger partial charge in [0.1, 0.15) is 5.57 Å². The fourth-order valence-electron chi connectivity index (χ4n) is 6.15. The molecule has 0 aliphatic rings. The average molecular weight is 1330 g/mol. The number of nitrogens with zero attached hydrogens (tertiary/aromatic N) is 2. The van der Waals surface area contributed by atoms with E-state index in [4.69, 9.17) is 0 Å². The Hall–Kier alpha value is -5.57. The number of carbonyl (C=O) groups excluding carboxylic acids is 8. The molecule has 548 valence electrons. The van der Waals surface area contributed by atoms with E-state index in [9.17, 15) is 51.5 Å². The van der Waals surface area contributed by atoms with Crippen molar-refractivity contribution in [3.63, 3.8) is 0 Å². The number of likely N-dealkylation sites (N-methyl/N-ethyl adjacent to an activating group) is 2. The van der Waals surface area contributed by atoms with E-state index in [1.54, 1.807) is 49.3 Å². The monoisotopic (exact) mass is 1330 g/mol. The average Bonchev–Trinajstić information content (AvgIpc) is 0.951. The van der Waals surface area contributed by atoms with Gasteiger partial charge in [-0.2, -0.15) is 13.2 Å². The number of amides is 3. The van der Waals surface area contributed by atoms with E-state index in [0.717, 1.165) is 49.9 Å². The van der Waals surface area contributed by atoms with E-state index in [-0.39, 0.29) is 90.6 Å². The summed E-state index contributed by atoms with van der Waals surface area (Å²) in [6.45, 7) is 76.8. The minimum absolute atomic E-state index is 0.0140. The molecule has 0 aromatic heterocycles. The summed E-state index contributed by atoms with van der Waals surface area (Å²) < 4.78 is 35.9. The maximum atomic E-state index is 12.0. The number of carbonyl (C=O) groups is 8. The number of hydrogen-bond donors (Lipinski definition) is 2. The third-order valence-electron chi connectivity index (χ3n) is 11.3. The fourth-order valence-corrected chi connectivity index (χ4v) is 6.15. The first-order valence-electron chi connectivity index (χ1n) is 32.9. The molecule has 0 spiro atoms. The number of nitrogens with one attached hydrogen (secondary N) is 2. The predicted molar refractivity (Wildman–Crippen MR) is 398 cm³/mol. The van der Waals surface area contributed by atoms with Gasteiger partial charge >= 0.3 is 6.18 Å². The first kappa shape index (κ1) is 104. The highest BCUT2D eigenvalue weighted by Crippen LogP contribution is 2.26. The van der Waals surface area contributed by atoms with Crippen molar-refractivity contribution in [3.05, 3.63) is 97.2 Å². The first-order chi connectivity index (χ1) is 41.6. The van der Waals surface area contributed by atoms with Crippen LogP contribution in [-0.4, -0.2) is 110 Å².